The molecule has 0 aliphatic heterocycles. The molecule has 8 nitrogen and oxygen atoms in total. The fraction of sp³-hybridized carbons (Fsp3) is 0.167. The molecule has 2 amide bonds. The van der Waals surface area contributed by atoms with Crippen molar-refractivity contribution >= 4 is 35.3 Å². The van der Waals surface area contributed by atoms with Gasteiger partial charge in [0.1, 0.15) is 0 Å². The Balaban J connectivity index is 2.05. The number of methoxy groups -OCH3 is 3. The van der Waals surface area contributed by atoms with Crippen molar-refractivity contribution in [3.05, 3.63) is 47.0 Å². The lowest BCUT2D eigenvalue weighted by molar-refractivity contribution is -0.136. The molecule has 142 valence electrons. The number of ether oxygens (including phenoxy) is 3. The van der Waals surface area contributed by atoms with Gasteiger partial charge in [0.2, 0.25) is 5.75 Å². The van der Waals surface area contributed by atoms with Crippen LogP contribution in [0.15, 0.2) is 41.5 Å². The SMILES string of the molecule is COc1ccc(/C=N/NC(=O)C(=O)Nc2ccc(Cl)cc2)c(OC)c1OC. The Hall–Kier alpha value is -3.26. The van der Waals surface area contributed by atoms with Crippen LogP contribution in [0.1, 0.15) is 5.56 Å². The Morgan fingerprint density at radius 2 is 1.59 bits per heavy atom. The minimum absolute atomic E-state index is 0.375. The minimum Gasteiger partial charge on any atom is -0.493 e. The van der Waals surface area contributed by atoms with Gasteiger partial charge in [-0.25, -0.2) is 5.43 Å². The van der Waals surface area contributed by atoms with Crippen LogP contribution in [0.4, 0.5) is 5.69 Å². The summed E-state index contributed by atoms with van der Waals surface area (Å²) in [6.07, 6.45) is 1.33. The molecule has 0 saturated heterocycles. The van der Waals surface area contributed by atoms with Gasteiger partial charge in [0.05, 0.1) is 27.5 Å². The Kier molecular flexibility index (Phi) is 7.01. The molecule has 0 unspecified atom stereocenters. The molecule has 2 rings (SSSR count). The quantitative estimate of drug-likeness (QED) is 0.447. The molecule has 2 aromatic rings. The maximum absolute atomic E-state index is 11.9. The fourth-order valence-corrected chi connectivity index (χ4v) is 2.28. The molecule has 0 aromatic heterocycles. The van der Waals surface area contributed by atoms with Gasteiger partial charge in [-0.15, -0.1) is 0 Å². The van der Waals surface area contributed by atoms with E-state index in [0.717, 1.165) is 0 Å². The summed E-state index contributed by atoms with van der Waals surface area (Å²) in [5, 5.41) is 6.72. The van der Waals surface area contributed by atoms with Gasteiger partial charge < -0.3 is 19.5 Å². The van der Waals surface area contributed by atoms with Crippen LogP contribution in [0.25, 0.3) is 0 Å². The number of anilines is 1. The van der Waals surface area contributed by atoms with Crippen molar-refractivity contribution in [1.29, 1.82) is 0 Å². The molecule has 0 bridgehead atoms. The van der Waals surface area contributed by atoms with Crippen LogP contribution in [-0.2, 0) is 9.59 Å². The third-order valence-electron chi connectivity index (χ3n) is 3.41. The number of benzene rings is 2. The molecule has 9 heteroatoms. The number of hydrazone groups is 1. The van der Waals surface area contributed by atoms with E-state index >= 15 is 0 Å². The van der Waals surface area contributed by atoms with Gasteiger partial charge >= 0.3 is 11.8 Å². The lowest BCUT2D eigenvalue weighted by Crippen LogP contribution is -2.32. The average Bonchev–Trinajstić information content (AvgIpc) is 2.68. The Bertz CT molecular complexity index is 853. The second-order valence-corrected chi connectivity index (χ2v) is 5.52. The summed E-state index contributed by atoms with van der Waals surface area (Å²) < 4.78 is 15.8. The van der Waals surface area contributed by atoms with Crippen LogP contribution in [0.2, 0.25) is 5.02 Å². The van der Waals surface area contributed by atoms with Crippen molar-refractivity contribution in [2.75, 3.05) is 26.6 Å². The van der Waals surface area contributed by atoms with E-state index in [-0.39, 0.29) is 0 Å². The first-order valence-corrected chi connectivity index (χ1v) is 8.06. The highest BCUT2D eigenvalue weighted by Gasteiger charge is 2.15. The summed E-state index contributed by atoms with van der Waals surface area (Å²) in [4.78, 5) is 23.7. The number of hydrogen-bond donors (Lipinski definition) is 2. The molecule has 0 fully saturated rings. The van der Waals surface area contributed by atoms with Gasteiger partial charge in [-0.1, -0.05) is 11.6 Å². The van der Waals surface area contributed by atoms with Crippen molar-refractivity contribution < 1.29 is 23.8 Å². The molecule has 0 saturated carbocycles. The second-order valence-electron chi connectivity index (χ2n) is 5.08. The molecule has 0 radical (unpaired) electrons. The Morgan fingerprint density at radius 3 is 2.19 bits per heavy atom. The maximum Gasteiger partial charge on any atom is 0.329 e. The van der Waals surface area contributed by atoms with E-state index in [1.807, 2.05) is 0 Å². The first kappa shape index (κ1) is 20.1. The molecule has 0 aliphatic rings. The van der Waals surface area contributed by atoms with Crippen LogP contribution in [0.5, 0.6) is 17.2 Å². The number of carbonyl (C=O) groups is 2. The zero-order valence-corrected chi connectivity index (χ0v) is 15.7. The summed E-state index contributed by atoms with van der Waals surface area (Å²) >= 11 is 5.76. The summed E-state index contributed by atoms with van der Waals surface area (Å²) in [6.45, 7) is 0. The zero-order chi connectivity index (χ0) is 19.8. The van der Waals surface area contributed by atoms with Gasteiger partial charge in [0.15, 0.2) is 11.5 Å². The van der Waals surface area contributed by atoms with Gasteiger partial charge in [-0.05, 0) is 36.4 Å². The topological polar surface area (TPSA) is 98.2 Å². The van der Waals surface area contributed by atoms with Crippen molar-refractivity contribution in [3.63, 3.8) is 0 Å². The zero-order valence-electron chi connectivity index (χ0n) is 14.9. The van der Waals surface area contributed by atoms with Crippen molar-refractivity contribution in [2.45, 2.75) is 0 Å². The molecule has 0 spiro atoms. The van der Waals surface area contributed by atoms with Crippen LogP contribution >= 0.6 is 11.6 Å². The van der Waals surface area contributed by atoms with Gasteiger partial charge in [-0.3, -0.25) is 9.59 Å². The van der Waals surface area contributed by atoms with Gasteiger partial charge in [0.25, 0.3) is 0 Å². The number of carbonyl (C=O) groups excluding carboxylic acids is 2. The molecule has 2 aromatic carbocycles. The highest BCUT2D eigenvalue weighted by atomic mass is 35.5. The Morgan fingerprint density at radius 1 is 0.926 bits per heavy atom. The molecule has 0 heterocycles. The van der Waals surface area contributed by atoms with Crippen molar-refractivity contribution in [2.24, 2.45) is 5.10 Å². The lowest BCUT2D eigenvalue weighted by Gasteiger charge is -2.13. The standard InChI is InChI=1S/C18H18ClN3O5/c1-25-14-9-4-11(15(26-2)16(14)27-3)10-20-22-18(24)17(23)21-13-7-5-12(19)6-8-13/h4-10H,1-3H3,(H,21,23)(H,22,24)/b20-10+. The van der Waals surface area contributed by atoms with E-state index in [1.54, 1.807) is 36.4 Å². The molecule has 2 N–H and O–H groups in total. The van der Waals surface area contributed by atoms with E-state index in [2.05, 4.69) is 15.8 Å². The highest BCUT2D eigenvalue weighted by molar-refractivity contribution is 6.39. The normalized spacial score (nSPS) is 10.4. The first-order valence-electron chi connectivity index (χ1n) is 7.69. The monoisotopic (exact) mass is 391 g/mol. The largest absolute Gasteiger partial charge is 0.493 e. The van der Waals surface area contributed by atoms with Crippen LogP contribution in [0.3, 0.4) is 0 Å². The fourth-order valence-electron chi connectivity index (χ4n) is 2.16. The van der Waals surface area contributed by atoms with Crippen LogP contribution in [-0.4, -0.2) is 39.4 Å². The summed E-state index contributed by atoms with van der Waals surface area (Å²) in [6, 6.07) is 9.67. The molecular weight excluding hydrogens is 374 g/mol. The predicted molar refractivity (Wildman–Crippen MR) is 102 cm³/mol. The number of halogens is 1. The van der Waals surface area contributed by atoms with E-state index in [1.165, 1.54) is 27.5 Å². The smallest absolute Gasteiger partial charge is 0.329 e. The van der Waals surface area contributed by atoms with Crippen LogP contribution < -0.4 is 25.0 Å². The third kappa shape index (κ3) is 5.11. The van der Waals surface area contributed by atoms with Crippen LogP contribution in [0, 0.1) is 0 Å². The van der Waals surface area contributed by atoms with E-state index in [9.17, 15) is 9.59 Å². The first-order chi connectivity index (χ1) is 13.0. The number of nitrogens with zero attached hydrogens (tertiary/aromatic N) is 1. The van der Waals surface area contributed by atoms with Crippen molar-refractivity contribution in [3.8, 4) is 17.2 Å². The summed E-state index contributed by atoms with van der Waals surface area (Å²) in [5.41, 5.74) is 3.10. The highest BCUT2D eigenvalue weighted by Crippen LogP contribution is 2.38. The van der Waals surface area contributed by atoms with E-state index in [4.69, 9.17) is 25.8 Å². The van der Waals surface area contributed by atoms with Gasteiger partial charge in [0, 0.05) is 16.3 Å². The Labute approximate surface area is 161 Å². The van der Waals surface area contributed by atoms with E-state index < -0.39 is 11.8 Å². The molecular formula is C18H18ClN3O5. The molecule has 27 heavy (non-hydrogen) atoms. The van der Waals surface area contributed by atoms with Crippen molar-refractivity contribution in [1.82, 2.24) is 5.43 Å². The summed E-state index contributed by atoms with van der Waals surface area (Å²) in [5.74, 6) is -0.552. The molecule has 0 atom stereocenters. The molecule has 0 aliphatic carbocycles. The minimum atomic E-state index is -0.930. The van der Waals surface area contributed by atoms with Gasteiger partial charge in [-0.2, -0.15) is 5.10 Å². The second kappa shape index (κ2) is 9.44. The number of rotatable bonds is 6. The van der Waals surface area contributed by atoms with E-state index in [0.29, 0.717) is 33.5 Å². The third-order valence-corrected chi connectivity index (χ3v) is 3.66. The predicted octanol–water partition coefficient (Wildman–Crippen LogP) is 2.45. The summed E-state index contributed by atoms with van der Waals surface area (Å²) in [7, 11) is 4.45. The lowest BCUT2D eigenvalue weighted by atomic mass is 10.2. The number of amides is 2. The maximum atomic E-state index is 11.9. The average molecular weight is 392 g/mol. The number of hydrogen-bond acceptors (Lipinski definition) is 6. The number of nitrogens with one attached hydrogen (secondary N) is 2.